The molecule has 1 amide bonds. The van der Waals surface area contributed by atoms with Crippen LogP contribution in [0.5, 0.6) is 0 Å². The Hall–Kier alpha value is -1.24. The zero-order chi connectivity index (χ0) is 15.7. The molecule has 1 rings (SSSR count). The Balaban J connectivity index is 2.15. The number of hydrogen-bond acceptors (Lipinski definition) is 5. The van der Waals surface area contributed by atoms with Gasteiger partial charge >= 0.3 is 5.97 Å². The van der Waals surface area contributed by atoms with Gasteiger partial charge in [0.1, 0.15) is 6.04 Å². The van der Waals surface area contributed by atoms with E-state index in [1.165, 1.54) is 7.11 Å². The monoisotopic (exact) mass is 330 g/mol. The predicted molar refractivity (Wildman–Crippen MR) is 86.6 cm³/mol. The third-order valence-corrected chi connectivity index (χ3v) is 3.91. The molecule has 0 fully saturated rings. The Bertz CT molecular complexity index is 485. The summed E-state index contributed by atoms with van der Waals surface area (Å²) in [6.07, 6.45) is 0.928. The lowest BCUT2D eigenvalue weighted by molar-refractivity contribution is -0.142. The van der Waals surface area contributed by atoms with Crippen molar-refractivity contribution in [3.05, 3.63) is 29.3 Å². The molecule has 0 aliphatic rings. The number of amides is 1. The fourth-order valence-corrected chi connectivity index (χ4v) is 2.68. The summed E-state index contributed by atoms with van der Waals surface area (Å²) in [5.41, 5.74) is 6.29. The number of nitrogens with two attached hydrogens (primary N) is 1. The van der Waals surface area contributed by atoms with Gasteiger partial charge < -0.3 is 15.8 Å². The SMILES string of the molecule is COC(=O)C(N)CCSCCC(=O)Nc1cccc(Cl)c1. The van der Waals surface area contributed by atoms with Gasteiger partial charge in [-0.25, -0.2) is 0 Å². The van der Waals surface area contributed by atoms with Gasteiger partial charge in [-0.2, -0.15) is 11.8 Å². The molecule has 116 valence electrons. The number of esters is 1. The first-order valence-corrected chi connectivity index (χ1v) is 8.02. The number of nitrogens with one attached hydrogen (secondary N) is 1. The van der Waals surface area contributed by atoms with Crippen LogP contribution in [0.4, 0.5) is 5.69 Å². The Morgan fingerprint density at radius 3 is 2.86 bits per heavy atom. The molecule has 0 aromatic heterocycles. The number of thioether (sulfide) groups is 1. The topological polar surface area (TPSA) is 81.4 Å². The van der Waals surface area contributed by atoms with Crippen molar-refractivity contribution in [3.8, 4) is 0 Å². The molecule has 5 nitrogen and oxygen atoms in total. The summed E-state index contributed by atoms with van der Waals surface area (Å²) in [6, 6.07) is 6.41. The Kier molecular flexibility index (Phi) is 8.19. The quantitative estimate of drug-likeness (QED) is 0.564. The molecule has 0 aliphatic heterocycles. The fraction of sp³-hybridized carbons (Fsp3) is 0.429. The van der Waals surface area contributed by atoms with Gasteiger partial charge in [0.05, 0.1) is 7.11 Å². The summed E-state index contributed by atoms with van der Waals surface area (Å²) in [5, 5.41) is 3.36. The first kappa shape index (κ1) is 17.8. The van der Waals surface area contributed by atoms with Crippen LogP contribution in [-0.4, -0.2) is 36.5 Å². The molecule has 1 unspecified atom stereocenters. The summed E-state index contributed by atoms with van der Waals surface area (Å²) >= 11 is 7.41. The predicted octanol–water partition coefficient (Wildman–Crippen LogP) is 2.29. The summed E-state index contributed by atoms with van der Waals surface area (Å²) in [7, 11) is 1.31. The summed E-state index contributed by atoms with van der Waals surface area (Å²) < 4.78 is 4.54. The number of rotatable bonds is 8. The number of carbonyl (C=O) groups excluding carboxylic acids is 2. The molecule has 3 N–H and O–H groups in total. The standard InChI is InChI=1S/C14H19ClN2O3S/c1-20-14(19)12(16)5-7-21-8-6-13(18)17-11-4-2-3-10(15)9-11/h2-4,9,12H,5-8,16H2,1H3,(H,17,18). The van der Waals surface area contributed by atoms with Crippen molar-refractivity contribution in [3.63, 3.8) is 0 Å². The number of halogens is 1. The molecule has 1 aromatic rings. The highest BCUT2D eigenvalue weighted by Crippen LogP contribution is 2.15. The van der Waals surface area contributed by atoms with Gasteiger partial charge in [-0.1, -0.05) is 17.7 Å². The van der Waals surface area contributed by atoms with E-state index in [1.807, 2.05) is 0 Å². The average Bonchev–Trinajstić information content (AvgIpc) is 2.45. The first-order valence-electron chi connectivity index (χ1n) is 6.49. The number of anilines is 1. The highest BCUT2D eigenvalue weighted by Gasteiger charge is 2.12. The van der Waals surface area contributed by atoms with Crippen LogP contribution >= 0.6 is 23.4 Å². The van der Waals surface area contributed by atoms with Crippen LogP contribution in [0.2, 0.25) is 5.02 Å². The van der Waals surface area contributed by atoms with Gasteiger partial charge in [-0.05, 0) is 30.4 Å². The molecule has 0 radical (unpaired) electrons. The molecule has 0 spiro atoms. The van der Waals surface area contributed by atoms with Crippen LogP contribution in [-0.2, 0) is 14.3 Å². The lowest BCUT2D eigenvalue weighted by atomic mass is 10.2. The maximum Gasteiger partial charge on any atom is 0.322 e. The van der Waals surface area contributed by atoms with Gasteiger partial charge in [0, 0.05) is 22.9 Å². The number of ether oxygens (including phenoxy) is 1. The van der Waals surface area contributed by atoms with Crippen LogP contribution in [0, 0.1) is 0 Å². The minimum absolute atomic E-state index is 0.0676. The highest BCUT2D eigenvalue weighted by atomic mass is 35.5. The number of hydrogen-bond donors (Lipinski definition) is 2. The van der Waals surface area contributed by atoms with Gasteiger partial charge in [0.15, 0.2) is 0 Å². The largest absolute Gasteiger partial charge is 0.468 e. The van der Waals surface area contributed by atoms with E-state index >= 15 is 0 Å². The lowest BCUT2D eigenvalue weighted by Crippen LogP contribution is -2.32. The van der Waals surface area contributed by atoms with Crippen LogP contribution in [0.15, 0.2) is 24.3 Å². The van der Waals surface area contributed by atoms with Crippen LogP contribution in [0.3, 0.4) is 0 Å². The summed E-state index contributed by atoms with van der Waals surface area (Å²) in [4.78, 5) is 22.8. The Labute approximate surface area is 133 Å². The minimum Gasteiger partial charge on any atom is -0.468 e. The normalized spacial score (nSPS) is 11.8. The Morgan fingerprint density at radius 1 is 1.43 bits per heavy atom. The van der Waals surface area contributed by atoms with E-state index in [0.717, 1.165) is 0 Å². The van der Waals surface area contributed by atoms with E-state index in [2.05, 4.69) is 10.1 Å². The maximum absolute atomic E-state index is 11.7. The molecule has 7 heteroatoms. The number of carbonyl (C=O) groups is 2. The van der Waals surface area contributed by atoms with E-state index in [-0.39, 0.29) is 5.91 Å². The molecule has 1 atom stereocenters. The van der Waals surface area contributed by atoms with Crippen LogP contribution < -0.4 is 11.1 Å². The summed E-state index contributed by atoms with van der Waals surface area (Å²) in [6.45, 7) is 0. The zero-order valence-electron chi connectivity index (χ0n) is 11.8. The van der Waals surface area contributed by atoms with Crippen molar-refractivity contribution in [2.24, 2.45) is 5.73 Å². The van der Waals surface area contributed by atoms with E-state index in [9.17, 15) is 9.59 Å². The molecular formula is C14H19ClN2O3S. The van der Waals surface area contributed by atoms with Crippen molar-refractivity contribution in [2.75, 3.05) is 23.9 Å². The minimum atomic E-state index is -0.595. The van der Waals surface area contributed by atoms with Crippen LogP contribution in [0.25, 0.3) is 0 Å². The van der Waals surface area contributed by atoms with Gasteiger partial charge in [-0.15, -0.1) is 0 Å². The molecule has 1 aromatic carbocycles. The Morgan fingerprint density at radius 2 is 2.19 bits per heavy atom. The average molecular weight is 331 g/mol. The van der Waals surface area contributed by atoms with Crippen molar-refractivity contribution in [2.45, 2.75) is 18.9 Å². The molecule has 0 saturated carbocycles. The second kappa shape index (κ2) is 9.65. The number of benzene rings is 1. The molecule has 21 heavy (non-hydrogen) atoms. The van der Waals surface area contributed by atoms with Crippen molar-refractivity contribution >= 4 is 40.9 Å². The van der Waals surface area contributed by atoms with E-state index in [0.29, 0.717) is 35.1 Å². The maximum atomic E-state index is 11.7. The molecule has 0 aliphatic carbocycles. The lowest BCUT2D eigenvalue weighted by Gasteiger charge is -2.08. The van der Waals surface area contributed by atoms with E-state index in [4.69, 9.17) is 17.3 Å². The first-order chi connectivity index (χ1) is 10.0. The van der Waals surface area contributed by atoms with Crippen molar-refractivity contribution in [1.82, 2.24) is 0 Å². The molecular weight excluding hydrogens is 312 g/mol. The van der Waals surface area contributed by atoms with E-state index < -0.39 is 12.0 Å². The smallest absolute Gasteiger partial charge is 0.322 e. The van der Waals surface area contributed by atoms with Crippen molar-refractivity contribution in [1.29, 1.82) is 0 Å². The molecule has 0 saturated heterocycles. The molecule has 0 heterocycles. The highest BCUT2D eigenvalue weighted by molar-refractivity contribution is 7.99. The van der Waals surface area contributed by atoms with Crippen molar-refractivity contribution < 1.29 is 14.3 Å². The summed E-state index contributed by atoms with van der Waals surface area (Å²) in [5.74, 6) is 0.900. The van der Waals surface area contributed by atoms with Gasteiger partial charge in [-0.3, -0.25) is 9.59 Å². The fourth-order valence-electron chi connectivity index (χ4n) is 1.54. The molecule has 0 bridgehead atoms. The second-order valence-electron chi connectivity index (χ2n) is 4.34. The van der Waals surface area contributed by atoms with Gasteiger partial charge in [0.25, 0.3) is 0 Å². The third-order valence-electron chi connectivity index (χ3n) is 2.66. The number of methoxy groups -OCH3 is 1. The zero-order valence-corrected chi connectivity index (χ0v) is 13.4. The van der Waals surface area contributed by atoms with Gasteiger partial charge in [0.2, 0.25) is 5.91 Å². The second-order valence-corrected chi connectivity index (χ2v) is 6.00. The van der Waals surface area contributed by atoms with E-state index in [1.54, 1.807) is 36.0 Å². The third kappa shape index (κ3) is 7.36. The van der Waals surface area contributed by atoms with Crippen LogP contribution in [0.1, 0.15) is 12.8 Å².